The van der Waals surface area contributed by atoms with Crippen molar-refractivity contribution < 1.29 is 27.4 Å². The first-order valence-corrected chi connectivity index (χ1v) is 14.4. The average Bonchev–Trinajstić information content (AvgIpc) is 3.01. The van der Waals surface area contributed by atoms with Gasteiger partial charge in [-0.1, -0.05) is 30.3 Å². The Kier molecular flexibility index (Phi) is 9.59. The van der Waals surface area contributed by atoms with Gasteiger partial charge in [-0.05, 0) is 48.0 Å². The molecule has 0 aliphatic carbocycles. The lowest BCUT2D eigenvalue weighted by molar-refractivity contribution is -0.115. The zero-order valence-electron chi connectivity index (χ0n) is 23.8. The van der Waals surface area contributed by atoms with E-state index in [9.17, 15) is 17.9 Å². The Labute approximate surface area is 255 Å². The number of nitrogens with zero attached hydrogens (tertiary/aromatic N) is 3. The van der Waals surface area contributed by atoms with Crippen LogP contribution in [0.1, 0.15) is 5.56 Å². The minimum atomic E-state index is -2.59. The monoisotopic (exact) mass is 616 g/mol. The van der Waals surface area contributed by atoms with Crippen LogP contribution in [0, 0.1) is 5.82 Å². The van der Waals surface area contributed by atoms with E-state index in [1.54, 1.807) is 72.8 Å². The second-order valence-corrected chi connectivity index (χ2v) is 10.3. The standard InChI is InChI=1S/C31H29FN6O5S/c1-42-25-15-23(16-26(17-25)43-2)35-30-31(37-28-12-4-3-11-27(28)36-30)38(44(40)41)24-10-6-9-22(14-24)34-29(39)19-33-18-20-7-5-8-21(32)13-20/h3-17,33H,18-19H2,1-2H3,(H,34,39)(H,35,36)(H,40,41). The second-order valence-electron chi connectivity index (χ2n) is 9.47. The zero-order valence-corrected chi connectivity index (χ0v) is 24.6. The minimum absolute atomic E-state index is 0.0371. The number of benzene rings is 4. The van der Waals surface area contributed by atoms with Gasteiger partial charge in [-0.2, -0.15) is 0 Å². The SMILES string of the molecule is COc1cc(Nc2nc3ccccc3nc2N(c2cccc(NC(=O)CNCc3cccc(F)c3)c2)S(=O)O)cc(OC)c1. The van der Waals surface area contributed by atoms with Gasteiger partial charge in [-0.25, -0.2) is 22.9 Å². The number of ether oxygens (including phenoxy) is 2. The molecule has 0 bridgehead atoms. The van der Waals surface area contributed by atoms with Crippen molar-refractivity contribution in [3.8, 4) is 11.5 Å². The van der Waals surface area contributed by atoms with E-state index in [1.807, 2.05) is 6.07 Å². The molecular formula is C31H29FN6O5S. The van der Waals surface area contributed by atoms with Gasteiger partial charge in [0.25, 0.3) is 11.3 Å². The van der Waals surface area contributed by atoms with Gasteiger partial charge >= 0.3 is 0 Å². The van der Waals surface area contributed by atoms with E-state index in [0.717, 1.165) is 4.31 Å². The smallest absolute Gasteiger partial charge is 0.268 e. The molecule has 0 radical (unpaired) electrons. The van der Waals surface area contributed by atoms with Gasteiger partial charge in [0.05, 0.1) is 37.5 Å². The van der Waals surface area contributed by atoms with Crippen LogP contribution in [0.2, 0.25) is 0 Å². The van der Waals surface area contributed by atoms with Crippen LogP contribution in [-0.4, -0.2) is 45.4 Å². The molecule has 0 spiro atoms. The maximum Gasteiger partial charge on any atom is 0.268 e. The summed E-state index contributed by atoms with van der Waals surface area (Å²) in [5, 5.41) is 8.93. The average molecular weight is 617 g/mol. The van der Waals surface area contributed by atoms with E-state index >= 15 is 0 Å². The van der Waals surface area contributed by atoms with Gasteiger partial charge in [-0.3, -0.25) is 9.35 Å². The Hall–Kier alpha value is -5.11. The van der Waals surface area contributed by atoms with Crippen LogP contribution in [0.15, 0.2) is 91.0 Å². The summed E-state index contributed by atoms with van der Waals surface area (Å²) in [4.78, 5) is 22.0. The summed E-state index contributed by atoms with van der Waals surface area (Å²) in [7, 11) is 3.06. The van der Waals surface area contributed by atoms with Crippen molar-refractivity contribution in [1.82, 2.24) is 15.3 Å². The van der Waals surface area contributed by atoms with Crippen LogP contribution in [0.5, 0.6) is 11.5 Å². The van der Waals surface area contributed by atoms with E-state index < -0.39 is 11.3 Å². The number of fused-ring (bicyclic) bond motifs is 1. The number of para-hydroxylation sites is 2. The summed E-state index contributed by atoms with van der Waals surface area (Å²) in [5.74, 6) is 0.602. The quantitative estimate of drug-likeness (QED) is 0.133. The fourth-order valence-electron chi connectivity index (χ4n) is 4.40. The molecule has 44 heavy (non-hydrogen) atoms. The van der Waals surface area contributed by atoms with Gasteiger partial charge in [0.15, 0.2) is 11.6 Å². The highest BCUT2D eigenvalue weighted by Crippen LogP contribution is 2.36. The van der Waals surface area contributed by atoms with Crippen molar-refractivity contribution in [1.29, 1.82) is 0 Å². The Morgan fingerprint density at radius 2 is 1.59 bits per heavy atom. The summed E-state index contributed by atoms with van der Waals surface area (Å²) in [6.45, 7) is 0.267. The molecule has 1 aromatic heterocycles. The summed E-state index contributed by atoms with van der Waals surface area (Å²) < 4.78 is 48.6. The van der Waals surface area contributed by atoms with Gasteiger partial charge in [0.2, 0.25) is 5.91 Å². The third-order valence-corrected chi connectivity index (χ3v) is 7.08. The molecule has 5 rings (SSSR count). The van der Waals surface area contributed by atoms with Crippen LogP contribution in [0.25, 0.3) is 11.0 Å². The lowest BCUT2D eigenvalue weighted by Gasteiger charge is -2.23. The van der Waals surface area contributed by atoms with E-state index in [2.05, 4.69) is 20.9 Å². The number of hydrogen-bond donors (Lipinski definition) is 4. The lowest BCUT2D eigenvalue weighted by Crippen LogP contribution is -2.28. The lowest BCUT2D eigenvalue weighted by atomic mass is 10.2. The maximum atomic E-state index is 13.4. The molecule has 0 aliphatic heterocycles. The highest BCUT2D eigenvalue weighted by atomic mass is 32.2. The minimum Gasteiger partial charge on any atom is -0.497 e. The summed E-state index contributed by atoms with van der Waals surface area (Å²) >= 11 is -2.59. The molecule has 13 heteroatoms. The molecule has 1 atom stereocenters. The third-order valence-electron chi connectivity index (χ3n) is 6.38. The van der Waals surface area contributed by atoms with Crippen molar-refractivity contribution in [2.75, 3.05) is 35.7 Å². The molecule has 1 amide bonds. The molecule has 0 saturated carbocycles. The molecule has 1 heterocycles. The van der Waals surface area contributed by atoms with E-state index in [4.69, 9.17) is 14.5 Å². The first-order valence-electron chi connectivity index (χ1n) is 13.4. The number of carbonyl (C=O) groups is 1. The fraction of sp³-hybridized carbons (Fsp3) is 0.129. The van der Waals surface area contributed by atoms with Crippen molar-refractivity contribution in [3.63, 3.8) is 0 Å². The first-order chi connectivity index (χ1) is 21.3. The molecule has 5 aromatic rings. The zero-order chi connectivity index (χ0) is 31.1. The van der Waals surface area contributed by atoms with Crippen LogP contribution >= 0.6 is 0 Å². The van der Waals surface area contributed by atoms with Crippen LogP contribution in [0.4, 0.5) is 33.1 Å². The number of aromatic nitrogens is 2. The Morgan fingerprint density at radius 3 is 2.27 bits per heavy atom. The topological polar surface area (TPSA) is 138 Å². The molecule has 0 saturated heterocycles. The van der Waals surface area contributed by atoms with Crippen LogP contribution in [0.3, 0.4) is 0 Å². The molecule has 226 valence electrons. The molecule has 11 nitrogen and oxygen atoms in total. The fourth-order valence-corrected chi connectivity index (χ4v) is 4.97. The molecule has 4 N–H and O–H groups in total. The maximum absolute atomic E-state index is 13.4. The van der Waals surface area contributed by atoms with Crippen molar-refractivity contribution in [2.24, 2.45) is 0 Å². The number of halogens is 1. The van der Waals surface area contributed by atoms with Gasteiger partial charge in [0.1, 0.15) is 17.3 Å². The van der Waals surface area contributed by atoms with Gasteiger partial charge in [-0.15, -0.1) is 0 Å². The summed E-state index contributed by atoms with van der Waals surface area (Å²) in [6.07, 6.45) is 0. The van der Waals surface area contributed by atoms with Crippen molar-refractivity contribution >= 4 is 56.9 Å². The Morgan fingerprint density at radius 1 is 0.886 bits per heavy atom. The van der Waals surface area contributed by atoms with E-state index in [0.29, 0.717) is 46.0 Å². The molecule has 0 fully saturated rings. The number of methoxy groups -OCH3 is 2. The Bertz CT molecular complexity index is 1800. The summed E-state index contributed by atoms with van der Waals surface area (Å²) in [5.41, 5.74) is 2.96. The number of amides is 1. The highest BCUT2D eigenvalue weighted by molar-refractivity contribution is 7.81. The van der Waals surface area contributed by atoms with Crippen molar-refractivity contribution in [2.45, 2.75) is 6.54 Å². The molecule has 4 aromatic carbocycles. The number of nitrogens with one attached hydrogen (secondary N) is 3. The van der Waals surface area contributed by atoms with Crippen LogP contribution in [-0.2, 0) is 22.6 Å². The third kappa shape index (κ3) is 7.45. The van der Waals surface area contributed by atoms with Gasteiger partial charge in [0, 0.05) is 36.1 Å². The predicted molar refractivity (Wildman–Crippen MR) is 168 cm³/mol. The van der Waals surface area contributed by atoms with E-state index in [-0.39, 0.29) is 35.6 Å². The molecule has 1 unspecified atom stereocenters. The number of carbonyl (C=O) groups excluding carboxylic acids is 1. The highest BCUT2D eigenvalue weighted by Gasteiger charge is 2.23. The number of anilines is 5. The normalized spacial score (nSPS) is 11.5. The van der Waals surface area contributed by atoms with Crippen molar-refractivity contribution in [3.05, 3.63) is 102 Å². The van der Waals surface area contributed by atoms with E-state index in [1.165, 1.54) is 26.4 Å². The largest absolute Gasteiger partial charge is 0.497 e. The first kappa shape index (κ1) is 30.4. The van der Waals surface area contributed by atoms with Gasteiger partial charge < -0.3 is 25.4 Å². The number of rotatable bonds is 12. The summed E-state index contributed by atoms with van der Waals surface area (Å²) in [6, 6.07) is 24.8. The van der Waals surface area contributed by atoms with Crippen LogP contribution < -0.4 is 29.7 Å². The predicted octanol–water partition coefficient (Wildman–Crippen LogP) is 5.53. The second kappa shape index (κ2) is 13.9. The Balaban J connectivity index is 1.43. The number of hydrogen-bond acceptors (Lipinski definition) is 8. The molecule has 0 aliphatic rings. The molecular weight excluding hydrogens is 587 g/mol.